The van der Waals surface area contributed by atoms with Gasteiger partial charge in [-0.3, -0.25) is 4.72 Å². The molecule has 1 aromatic carbocycles. The number of halogens is 2. The van der Waals surface area contributed by atoms with E-state index in [0.29, 0.717) is 32.1 Å². The molecule has 0 amide bonds. The van der Waals surface area contributed by atoms with E-state index in [0.717, 1.165) is 6.07 Å². The third-order valence-electron chi connectivity index (χ3n) is 2.94. The summed E-state index contributed by atoms with van der Waals surface area (Å²) in [4.78, 5) is 0. The predicted octanol–water partition coefficient (Wildman–Crippen LogP) is 1.47. The van der Waals surface area contributed by atoms with Gasteiger partial charge in [0, 0.05) is 19.3 Å². The van der Waals surface area contributed by atoms with Gasteiger partial charge in [0.2, 0.25) is 10.0 Å². The first-order valence-corrected chi connectivity index (χ1v) is 7.28. The van der Waals surface area contributed by atoms with Crippen molar-refractivity contribution in [3.8, 4) is 0 Å². The predicted molar refractivity (Wildman–Crippen MR) is 67.2 cm³/mol. The smallest absolute Gasteiger partial charge is 0.235 e. The molecule has 1 saturated heterocycles. The molecule has 1 aromatic rings. The number of hydrogen-bond donors (Lipinski definition) is 2. The zero-order valence-electron chi connectivity index (χ0n) is 10.0. The van der Waals surface area contributed by atoms with E-state index < -0.39 is 32.6 Å². The minimum absolute atomic E-state index is 0.284. The van der Waals surface area contributed by atoms with Crippen LogP contribution < -0.4 is 10.5 Å². The molecule has 0 unspecified atom stereocenters. The minimum Gasteiger partial charge on any atom is -0.397 e. The lowest BCUT2D eigenvalue weighted by molar-refractivity contribution is 0.0984. The lowest BCUT2D eigenvalue weighted by Crippen LogP contribution is -2.33. The molecule has 106 valence electrons. The maximum atomic E-state index is 13.5. The van der Waals surface area contributed by atoms with Crippen molar-refractivity contribution in [1.29, 1.82) is 0 Å². The molecule has 1 aliphatic heterocycles. The second-order valence-corrected chi connectivity index (χ2v) is 6.27. The molecule has 0 spiro atoms. The molecular formula is C11H14F2N2O3S. The van der Waals surface area contributed by atoms with Crippen molar-refractivity contribution < 1.29 is 21.9 Å². The largest absolute Gasteiger partial charge is 0.397 e. The number of hydrogen-bond acceptors (Lipinski definition) is 4. The topological polar surface area (TPSA) is 81.4 Å². The summed E-state index contributed by atoms with van der Waals surface area (Å²) in [5, 5.41) is -0.662. The van der Waals surface area contributed by atoms with Gasteiger partial charge in [0.15, 0.2) is 5.82 Å². The second-order valence-electron chi connectivity index (χ2n) is 4.31. The molecule has 1 heterocycles. The highest BCUT2D eigenvalue weighted by Gasteiger charge is 2.29. The van der Waals surface area contributed by atoms with E-state index in [1.807, 2.05) is 0 Å². The zero-order chi connectivity index (χ0) is 14.0. The van der Waals surface area contributed by atoms with Crippen LogP contribution in [0.25, 0.3) is 0 Å². The molecular weight excluding hydrogens is 278 g/mol. The Hall–Kier alpha value is -1.41. The second kappa shape index (κ2) is 5.30. The van der Waals surface area contributed by atoms with Crippen LogP contribution in [0.2, 0.25) is 0 Å². The van der Waals surface area contributed by atoms with Crippen LogP contribution in [0, 0.1) is 11.6 Å². The molecule has 0 bridgehead atoms. The molecule has 3 N–H and O–H groups in total. The van der Waals surface area contributed by atoms with Crippen LogP contribution in [0.3, 0.4) is 0 Å². The molecule has 0 saturated carbocycles. The molecule has 5 nitrogen and oxygen atoms in total. The maximum absolute atomic E-state index is 13.5. The van der Waals surface area contributed by atoms with Gasteiger partial charge in [0.05, 0.1) is 10.9 Å². The van der Waals surface area contributed by atoms with Gasteiger partial charge in [-0.1, -0.05) is 0 Å². The number of benzene rings is 1. The quantitative estimate of drug-likeness (QED) is 0.827. The average Bonchev–Trinajstić information content (AvgIpc) is 2.35. The van der Waals surface area contributed by atoms with Gasteiger partial charge in [-0.05, 0) is 18.9 Å². The monoisotopic (exact) mass is 292 g/mol. The number of rotatable bonds is 3. The molecule has 0 atom stereocenters. The summed E-state index contributed by atoms with van der Waals surface area (Å²) in [5.74, 6) is -1.89. The van der Waals surface area contributed by atoms with Crippen molar-refractivity contribution in [1.82, 2.24) is 0 Å². The molecule has 0 radical (unpaired) electrons. The van der Waals surface area contributed by atoms with Crippen LogP contribution >= 0.6 is 0 Å². The zero-order valence-corrected chi connectivity index (χ0v) is 10.8. The van der Waals surface area contributed by atoms with Crippen LogP contribution in [0.1, 0.15) is 12.8 Å². The highest BCUT2D eigenvalue weighted by atomic mass is 32.2. The Kier molecular flexibility index (Phi) is 3.91. The molecule has 2 rings (SSSR count). The van der Waals surface area contributed by atoms with Gasteiger partial charge in [-0.25, -0.2) is 17.2 Å². The number of anilines is 2. The van der Waals surface area contributed by atoms with E-state index in [1.54, 1.807) is 0 Å². The number of nitrogen functional groups attached to an aromatic ring is 1. The van der Waals surface area contributed by atoms with Gasteiger partial charge in [0.1, 0.15) is 11.5 Å². The van der Waals surface area contributed by atoms with Gasteiger partial charge in [-0.2, -0.15) is 0 Å². The number of nitrogens with one attached hydrogen (secondary N) is 1. The van der Waals surface area contributed by atoms with Crippen LogP contribution in [0.4, 0.5) is 20.2 Å². The van der Waals surface area contributed by atoms with E-state index in [2.05, 4.69) is 4.72 Å². The average molecular weight is 292 g/mol. The van der Waals surface area contributed by atoms with Crippen molar-refractivity contribution >= 4 is 21.4 Å². The summed E-state index contributed by atoms with van der Waals surface area (Å²) in [5.41, 5.74) is 4.73. The highest BCUT2D eigenvalue weighted by molar-refractivity contribution is 7.93. The third-order valence-corrected chi connectivity index (χ3v) is 4.77. The van der Waals surface area contributed by atoms with Crippen LogP contribution in [-0.4, -0.2) is 26.9 Å². The van der Waals surface area contributed by atoms with Gasteiger partial charge < -0.3 is 10.5 Å². The van der Waals surface area contributed by atoms with E-state index in [9.17, 15) is 17.2 Å². The molecule has 19 heavy (non-hydrogen) atoms. The first-order valence-electron chi connectivity index (χ1n) is 5.74. The van der Waals surface area contributed by atoms with Crippen molar-refractivity contribution in [3.05, 3.63) is 23.8 Å². The van der Waals surface area contributed by atoms with Gasteiger partial charge >= 0.3 is 0 Å². The Morgan fingerprint density at radius 2 is 1.89 bits per heavy atom. The molecule has 0 aliphatic carbocycles. The summed E-state index contributed by atoms with van der Waals surface area (Å²) in [6.07, 6.45) is 0.663. The summed E-state index contributed by atoms with van der Waals surface area (Å²) in [6, 6.07) is 1.45. The maximum Gasteiger partial charge on any atom is 0.235 e. The minimum atomic E-state index is -3.77. The van der Waals surface area contributed by atoms with E-state index in [1.165, 1.54) is 0 Å². The first kappa shape index (κ1) is 14.0. The Morgan fingerprint density at radius 1 is 1.26 bits per heavy atom. The van der Waals surface area contributed by atoms with E-state index in [-0.39, 0.29) is 5.69 Å². The summed E-state index contributed by atoms with van der Waals surface area (Å²) < 4.78 is 57.7. The number of ether oxygens (including phenoxy) is 1. The van der Waals surface area contributed by atoms with E-state index in [4.69, 9.17) is 10.5 Å². The lowest BCUT2D eigenvalue weighted by Gasteiger charge is -2.23. The summed E-state index contributed by atoms with van der Waals surface area (Å²) >= 11 is 0. The molecule has 0 aromatic heterocycles. The summed E-state index contributed by atoms with van der Waals surface area (Å²) in [6.45, 7) is 0.680. The molecule has 8 heteroatoms. The van der Waals surface area contributed by atoms with Crippen LogP contribution in [0.5, 0.6) is 0 Å². The fourth-order valence-electron chi connectivity index (χ4n) is 1.91. The highest BCUT2D eigenvalue weighted by Crippen LogP contribution is 2.27. The number of sulfonamides is 1. The summed E-state index contributed by atoms with van der Waals surface area (Å²) in [7, 11) is -3.77. The van der Waals surface area contributed by atoms with Crippen molar-refractivity contribution in [2.45, 2.75) is 18.1 Å². The third kappa shape index (κ3) is 3.13. The Balaban J connectivity index is 2.25. The van der Waals surface area contributed by atoms with Crippen molar-refractivity contribution in [3.63, 3.8) is 0 Å². The fraction of sp³-hybridized carbons (Fsp3) is 0.455. The van der Waals surface area contributed by atoms with Gasteiger partial charge in [0.25, 0.3) is 0 Å². The van der Waals surface area contributed by atoms with Crippen LogP contribution in [-0.2, 0) is 14.8 Å². The standard InChI is InChI=1S/C11H14F2N2O3S/c12-7-5-9(13)11(10(14)6-7)15-19(16,17)8-1-3-18-4-2-8/h5-6,8,15H,1-4,14H2. The molecule has 1 fully saturated rings. The lowest BCUT2D eigenvalue weighted by atomic mass is 10.2. The Labute approximate surface area is 109 Å². The number of nitrogens with two attached hydrogens (primary N) is 1. The normalized spacial score (nSPS) is 17.4. The first-order chi connectivity index (χ1) is 8.90. The van der Waals surface area contributed by atoms with Crippen molar-refractivity contribution in [2.75, 3.05) is 23.7 Å². The van der Waals surface area contributed by atoms with Gasteiger partial charge in [-0.15, -0.1) is 0 Å². The Morgan fingerprint density at radius 3 is 2.47 bits per heavy atom. The van der Waals surface area contributed by atoms with Crippen LogP contribution in [0.15, 0.2) is 12.1 Å². The SMILES string of the molecule is Nc1cc(F)cc(F)c1NS(=O)(=O)C1CCOCC1. The Bertz CT molecular complexity index is 548. The van der Waals surface area contributed by atoms with Crippen molar-refractivity contribution in [2.24, 2.45) is 0 Å². The fourth-order valence-corrected chi connectivity index (χ4v) is 3.39. The van der Waals surface area contributed by atoms with E-state index >= 15 is 0 Å². The molecule has 1 aliphatic rings.